The van der Waals surface area contributed by atoms with Gasteiger partial charge in [0.1, 0.15) is 24.8 Å². The molecule has 12 nitrogen and oxygen atoms in total. The van der Waals surface area contributed by atoms with Crippen molar-refractivity contribution in [3.8, 4) is 0 Å². The van der Waals surface area contributed by atoms with E-state index in [0.717, 1.165) is 68.2 Å². The number of fused-ring (bicyclic) bond motifs is 2. The third-order valence-electron chi connectivity index (χ3n) is 7.69. The highest BCUT2D eigenvalue weighted by Crippen LogP contribution is 2.32. The number of amides is 1. The van der Waals surface area contributed by atoms with Crippen LogP contribution in [0.4, 0.5) is 16.4 Å². The number of carboxylic acids is 1. The van der Waals surface area contributed by atoms with Crippen molar-refractivity contribution >= 4 is 34.9 Å². The number of alkyl carbamates (subject to hydrolysis) is 1. The molecule has 1 atom stereocenters. The minimum atomic E-state index is -1.23. The molecule has 41 heavy (non-hydrogen) atoms. The van der Waals surface area contributed by atoms with Crippen molar-refractivity contribution < 1.29 is 19.4 Å². The molecule has 0 aliphatic carbocycles. The first-order valence-corrected chi connectivity index (χ1v) is 13.9. The van der Waals surface area contributed by atoms with Crippen molar-refractivity contribution in [3.63, 3.8) is 0 Å². The van der Waals surface area contributed by atoms with Gasteiger partial charge in [-0.3, -0.25) is 0 Å². The lowest BCUT2D eigenvalue weighted by Crippen LogP contribution is -2.43. The van der Waals surface area contributed by atoms with Crippen LogP contribution < -0.4 is 15.5 Å². The molecule has 2 aliphatic rings. The number of ether oxygens (including phenoxy) is 1. The van der Waals surface area contributed by atoms with Crippen molar-refractivity contribution in [2.24, 2.45) is 0 Å². The summed E-state index contributed by atoms with van der Waals surface area (Å²) in [4.78, 5) is 44.8. The number of piperidine rings is 1. The van der Waals surface area contributed by atoms with Crippen LogP contribution in [0.1, 0.15) is 42.0 Å². The van der Waals surface area contributed by atoms with Gasteiger partial charge in [0.25, 0.3) is 0 Å². The van der Waals surface area contributed by atoms with Gasteiger partial charge in [-0.1, -0.05) is 36.4 Å². The molecule has 0 unspecified atom stereocenters. The SMILES string of the molecule is O=C(N[C@@H](Cn1cnc2c(N3CCC(c4ccc5c(n4)NCCC5)CC3)ncnc21)C(=O)O)OCc1ccccc1. The van der Waals surface area contributed by atoms with Gasteiger partial charge in [-0.15, -0.1) is 0 Å². The van der Waals surface area contributed by atoms with E-state index in [1.54, 1.807) is 4.57 Å². The molecular formula is C29H32N8O4. The largest absolute Gasteiger partial charge is 0.480 e. The number of rotatable bonds is 8. The maximum absolute atomic E-state index is 12.3. The van der Waals surface area contributed by atoms with E-state index in [1.165, 1.54) is 18.2 Å². The molecule has 0 spiro atoms. The lowest BCUT2D eigenvalue weighted by Gasteiger charge is -2.33. The summed E-state index contributed by atoms with van der Waals surface area (Å²) in [5.74, 6) is 0.928. The minimum Gasteiger partial charge on any atom is -0.480 e. The van der Waals surface area contributed by atoms with E-state index in [9.17, 15) is 14.7 Å². The second kappa shape index (κ2) is 11.8. The zero-order valence-electron chi connectivity index (χ0n) is 22.6. The van der Waals surface area contributed by atoms with E-state index in [-0.39, 0.29) is 13.2 Å². The lowest BCUT2D eigenvalue weighted by molar-refractivity contribution is -0.139. The molecule has 6 rings (SSSR count). The summed E-state index contributed by atoms with van der Waals surface area (Å²) in [5, 5.41) is 15.6. The first-order valence-electron chi connectivity index (χ1n) is 13.9. The highest BCUT2D eigenvalue weighted by atomic mass is 16.5. The van der Waals surface area contributed by atoms with Gasteiger partial charge < -0.3 is 29.9 Å². The molecule has 12 heteroatoms. The average molecular weight is 557 g/mol. The smallest absolute Gasteiger partial charge is 0.408 e. The lowest BCUT2D eigenvalue weighted by atomic mass is 9.92. The third kappa shape index (κ3) is 5.91. The van der Waals surface area contributed by atoms with Crippen molar-refractivity contribution in [1.82, 2.24) is 29.8 Å². The van der Waals surface area contributed by atoms with Crippen LogP contribution >= 0.6 is 0 Å². The fourth-order valence-electron chi connectivity index (χ4n) is 5.48. The van der Waals surface area contributed by atoms with Crippen LogP contribution in [-0.2, 0) is 29.1 Å². The highest BCUT2D eigenvalue weighted by molar-refractivity contribution is 5.84. The molecule has 0 bridgehead atoms. The molecule has 3 aromatic heterocycles. The Hall–Kier alpha value is -4.74. The summed E-state index contributed by atoms with van der Waals surface area (Å²) in [7, 11) is 0. The number of hydrogen-bond donors (Lipinski definition) is 3. The Morgan fingerprint density at radius 3 is 2.73 bits per heavy atom. The summed E-state index contributed by atoms with van der Waals surface area (Å²) in [6, 6.07) is 12.3. The second-order valence-corrected chi connectivity index (χ2v) is 10.4. The van der Waals surface area contributed by atoms with Crippen LogP contribution in [0, 0.1) is 0 Å². The number of aromatic nitrogens is 5. The zero-order valence-corrected chi connectivity index (χ0v) is 22.6. The van der Waals surface area contributed by atoms with Gasteiger partial charge >= 0.3 is 12.1 Å². The predicted molar refractivity (Wildman–Crippen MR) is 152 cm³/mol. The standard InChI is InChI=1S/C29H32N8O4/c38-28(39)23(35-29(40)41-16-19-5-2-1-3-6-19)15-37-18-33-24-26(31-17-32-27(24)37)36-13-10-20(11-14-36)22-9-8-21-7-4-12-30-25(21)34-22/h1-3,5-6,8-9,17-18,20,23H,4,7,10-16H2,(H,30,34)(H,35,40)(H,38,39)/t23-/m0/s1. The number of aliphatic carboxylic acids is 1. The molecule has 0 saturated carbocycles. The Kier molecular flexibility index (Phi) is 7.61. The number of carboxylic acid groups (broad SMARTS) is 1. The maximum atomic E-state index is 12.3. The van der Waals surface area contributed by atoms with E-state index in [1.807, 2.05) is 30.3 Å². The van der Waals surface area contributed by atoms with Crippen LogP contribution in [0.2, 0.25) is 0 Å². The van der Waals surface area contributed by atoms with Gasteiger partial charge in [-0.2, -0.15) is 0 Å². The molecular weight excluding hydrogens is 524 g/mol. The molecule has 1 saturated heterocycles. The quantitative estimate of drug-likeness (QED) is 0.295. The number of anilines is 2. The molecule has 3 N–H and O–H groups in total. The Morgan fingerprint density at radius 2 is 1.93 bits per heavy atom. The van der Waals surface area contributed by atoms with Crippen molar-refractivity contribution in [2.45, 2.75) is 50.8 Å². The highest BCUT2D eigenvalue weighted by Gasteiger charge is 2.27. The van der Waals surface area contributed by atoms with Crippen LogP contribution in [0.25, 0.3) is 11.2 Å². The molecule has 212 valence electrons. The Bertz CT molecular complexity index is 1530. The summed E-state index contributed by atoms with van der Waals surface area (Å²) >= 11 is 0. The molecule has 4 aromatic rings. The second-order valence-electron chi connectivity index (χ2n) is 10.4. The van der Waals surface area contributed by atoms with Crippen LogP contribution in [0.3, 0.4) is 0 Å². The number of imidazole rings is 1. The number of nitrogens with one attached hydrogen (secondary N) is 2. The first-order chi connectivity index (χ1) is 20.0. The predicted octanol–water partition coefficient (Wildman–Crippen LogP) is 3.34. The monoisotopic (exact) mass is 556 g/mol. The van der Waals surface area contributed by atoms with E-state index in [0.29, 0.717) is 17.1 Å². The number of hydrogen-bond acceptors (Lipinski definition) is 9. The Morgan fingerprint density at radius 1 is 1.10 bits per heavy atom. The normalized spacial score (nSPS) is 16.0. The van der Waals surface area contributed by atoms with E-state index >= 15 is 0 Å². The number of carbonyl (C=O) groups is 2. The van der Waals surface area contributed by atoms with Gasteiger partial charge in [0.05, 0.1) is 12.9 Å². The minimum absolute atomic E-state index is 0.0414. The Labute approximate surface area is 236 Å². The summed E-state index contributed by atoms with van der Waals surface area (Å²) in [5.41, 5.74) is 4.33. The van der Waals surface area contributed by atoms with Crippen LogP contribution in [0.5, 0.6) is 0 Å². The van der Waals surface area contributed by atoms with Crippen molar-refractivity contribution in [1.29, 1.82) is 0 Å². The number of carbonyl (C=O) groups excluding carboxylic acids is 1. The molecule has 2 aliphatic heterocycles. The van der Waals surface area contributed by atoms with Gasteiger partial charge in [-0.05, 0) is 42.9 Å². The molecule has 1 fully saturated rings. The maximum Gasteiger partial charge on any atom is 0.408 e. The van der Waals surface area contributed by atoms with Gasteiger partial charge in [0.15, 0.2) is 17.0 Å². The third-order valence-corrected chi connectivity index (χ3v) is 7.69. The van der Waals surface area contributed by atoms with Gasteiger partial charge in [0, 0.05) is 31.2 Å². The number of pyridine rings is 1. The molecule has 0 radical (unpaired) electrons. The molecule has 1 amide bonds. The Balaban J connectivity index is 1.11. The zero-order chi connectivity index (χ0) is 28.2. The summed E-state index contributed by atoms with van der Waals surface area (Å²) < 4.78 is 6.82. The number of nitrogens with zero attached hydrogens (tertiary/aromatic N) is 6. The van der Waals surface area contributed by atoms with E-state index in [4.69, 9.17) is 9.72 Å². The van der Waals surface area contributed by atoms with Crippen molar-refractivity contribution in [2.75, 3.05) is 29.9 Å². The number of aryl methyl sites for hydroxylation is 1. The van der Waals surface area contributed by atoms with Crippen LogP contribution in [0.15, 0.2) is 55.1 Å². The fraction of sp³-hybridized carbons (Fsp3) is 0.379. The molecule has 5 heterocycles. The summed E-state index contributed by atoms with van der Waals surface area (Å²) in [6.45, 7) is 2.53. The van der Waals surface area contributed by atoms with Gasteiger partial charge in [-0.25, -0.2) is 29.5 Å². The van der Waals surface area contributed by atoms with Gasteiger partial charge in [0.2, 0.25) is 0 Å². The van der Waals surface area contributed by atoms with E-state index in [2.05, 4.69) is 42.6 Å². The summed E-state index contributed by atoms with van der Waals surface area (Å²) in [6.07, 6.45) is 6.29. The topological polar surface area (TPSA) is 147 Å². The number of benzene rings is 1. The first kappa shape index (κ1) is 26.5. The van der Waals surface area contributed by atoms with E-state index < -0.39 is 18.1 Å². The van der Waals surface area contributed by atoms with Crippen LogP contribution in [-0.4, -0.2) is 67.3 Å². The van der Waals surface area contributed by atoms with Crippen molar-refractivity contribution in [3.05, 3.63) is 71.9 Å². The molecule has 1 aromatic carbocycles. The fourth-order valence-corrected chi connectivity index (χ4v) is 5.48. The average Bonchev–Trinajstić information content (AvgIpc) is 3.43.